The van der Waals surface area contributed by atoms with Crippen LogP contribution in [0.3, 0.4) is 0 Å². The molecule has 1 N–H and O–H groups in total. The largest absolute Gasteiger partial charge is 0.492 e. The zero-order valence-corrected chi connectivity index (χ0v) is 14.8. The third-order valence-electron chi connectivity index (χ3n) is 3.56. The summed E-state index contributed by atoms with van der Waals surface area (Å²) in [7, 11) is -2.13. The summed E-state index contributed by atoms with van der Waals surface area (Å²) in [5.74, 6) is 0.485. The minimum atomic E-state index is -3.83. The molecule has 1 heterocycles. The van der Waals surface area contributed by atoms with E-state index >= 15 is 0 Å². The van der Waals surface area contributed by atoms with E-state index < -0.39 is 10.0 Å². The first kappa shape index (κ1) is 17.0. The minimum Gasteiger partial charge on any atom is -0.492 e. The average Bonchev–Trinajstić information content (AvgIpc) is 3.00. The van der Waals surface area contributed by atoms with Crippen LogP contribution in [0.25, 0.3) is 11.3 Å². The second-order valence-electron chi connectivity index (χ2n) is 5.42. The van der Waals surface area contributed by atoms with Crippen LogP contribution in [0.4, 0.5) is 5.69 Å². The molecule has 0 atom stereocenters. The topological polar surface area (TPSA) is 73.2 Å². The summed E-state index contributed by atoms with van der Waals surface area (Å²) in [5.41, 5.74) is 1.54. The second-order valence-corrected chi connectivity index (χ2v) is 7.07. The molecule has 2 aromatic carbocycles. The predicted octanol–water partition coefficient (Wildman–Crippen LogP) is 3.29. The maximum Gasteiger partial charge on any atom is 0.265 e. The number of hydrogen-bond donors (Lipinski definition) is 1. The second kappa shape index (κ2) is 6.98. The van der Waals surface area contributed by atoms with E-state index in [1.165, 1.54) is 10.9 Å². The lowest BCUT2D eigenvalue weighted by Crippen LogP contribution is -2.14. The highest BCUT2D eigenvalue weighted by molar-refractivity contribution is 7.92. The molecule has 0 unspecified atom stereocenters. The number of aryl methyl sites for hydroxylation is 1. The van der Waals surface area contributed by atoms with Crippen LogP contribution >= 0.6 is 0 Å². The van der Waals surface area contributed by atoms with E-state index in [2.05, 4.69) is 9.82 Å². The SMILES string of the molecule is CCOc1ccccc1NS(=O)(=O)c1cn(C)nc1-c1ccccc1. The lowest BCUT2D eigenvalue weighted by molar-refractivity contribution is 0.342. The fourth-order valence-corrected chi connectivity index (χ4v) is 3.76. The highest BCUT2D eigenvalue weighted by Crippen LogP contribution is 2.30. The molecule has 3 aromatic rings. The van der Waals surface area contributed by atoms with Crippen molar-refractivity contribution in [3.8, 4) is 17.0 Å². The molecule has 0 radical (unpaired) electrons. The van der Waals surface area contributed by atoms with E-state index in [4.69, 9.17) is 4.74 Å². The monoisotopic (exact) mass is 357 g/mol. The summed E-state index contributed by atoms with van der Waals surface area (Å²) in [6.07, 6.45) is 1.49. The highest BCUT2D eigenvalue weighted by Gasteiger charge is 2.24. The lowest BCUT2D eigenvalue weighted by Gasteiger charge is -2.12. The molecule has 0 saturated carbocycles. The molecular weight excluding hydrogens is 338 g/mol. The zero-order chi connectivity index (χ0) is 17.9. The Morgan fingerprint density at radius 1 is 1.08 bits per heavy atom. The van der Waals surface area contributed by atoms with Crippen molar-refractivity contribution in [3.63, 3.8) is 0 Å². The van der Waals surface area contributed by atoms with E-state index in [0.29, 0.717) is 23.7 Å². The highest BCUT2D eigenvalue weighted by atomic mass is 32.2. The summed E-state index contributed by atoms with van der Waals surface area (Å²) in [6.45, 7) is 2.29. The molecule has 130 valence electrons. The van der Waals surface area contributed by atoms with Gasteiger partial charge in [-0.2, -0.15) is 5.10 Å². The Labute approximate surface area is 147 Å². The van der Waals surface area contributed by atoms with E-state index in [1.807, 2.05) is 37.3 Å². The quantitative estimate of drug-likeness (QED) is 0.735. The van der Waals surface area contributed by atoms with Crippen molar-refractivity contribution >= 4 is 15.7 Å². The molecule has 0 aliphatic rings. The van der Waals surface area contributed by atoms with E-state index in [1.54, 1.807) is 31.3 Å². The molecule has 3 rings (SSSR count). The lowest BCUT2D eigenvalue weighted by atomic mass is 10.2. The van der Waals surface area contributed by atoms with Gasteiger partial charge in [0.2, 0.25) is 0 Å². The molecule has 0 amide bonds. The van der Waals surface area contributed by atoms with Crippen molar-refractivity contribution in [1.82, 2.24) is 9.78 Å². The Bertz CT molecular complexity index is 966. The van der Waals surface area contributed by atoms with E-state index in [-0.39, 0.29) is 4.90 Å². The van der Waals surface area contributed by atoms with Gasteiger partial charge in [-0.15, -0.1) is 0 Å². The number of nitrogens with one attached hydrogen (secondary N) is 1. The van der Waals surface area contributed by atoms with Crippen molar-refractivity contribution in [1.29, 1.82) is 0 Å². The number of rotatable bonds is 6. The van der Waals surface area contributed by atoms with Crippen molar-refractivity contribution in [3.05, 3.63) is 60.8 Å². The molecule has 0 spiro atoms. The Morgan fingerprint density at radius 3 is 2.48 bits per heavy atom. The number of sulfonamides is 1. The molecule has 0 aliphatic heterocycles. The number of aromatic nitrogens is 2. The van der Waals surface area contributed by atoms with Gasteiger partial charge in [0.1, 0.15) is 16.3 Å². The van der Waals surface area contributed by atoms with Gasteiger partial charge >= 0.3 is 0 Å². The Morgan fingerprint density at radius 2 is 1.76 bits per heavy atom. The first-order valence-corrected chi connectivity index (χ1v) is 9.33. The fourth-order valence-electron chi connectivity index (χ4n) is 2.49. The van der Waals surface area contributed by atoms with Crippen molar-refractivity contribution in [2.24, 2.45) is 7.05 Å². The number of ether oxygens (including phenoxy) is 1. The number of nitrogens with zero attached hydrogens (tertiary/aromatic N) is 2. The van der Waals surface area contributed by atoms with Gasteiger partial charge < -0.3 is 4.74 Å². The number of para-hydroxylation sites is 2. The molecule has 0 fully saturated rings. The maximum atomic E-state index is 12.9. The Balaban J connectivity index is 2.02. The first-order chi connectivity index (χ1) is 12.0. The summed E-state index contributed by atoms with van der Waals surface area (Å²) in [5, 5.41) is 4.31. The smallest absolute Gasteiger partial charge is 0.265 e. The van der Waals surface area contributed by atoms with Crippen LogP contribution in [0.15, 0.2) is 65.7 Å². The zero-order valence-electron chi connectivity index (χ0n) is 14.0. The normalized spacial score (nSPS) is 11.3. The minimum absolute atomic E-state index is 0.118. The summed E-state index contributed by atoms with van der Waals surface area (Å²) >= 11 is 0. The number of benzene rings is 2. The van der Waals surface area contributed by atoms with E-state index in [9.17, 15) is 8.42 Å². The summed E-state index contributed by atoms with van der Waals surface area (Å²) in [4.78, 5) is 0.118. The summed E-state index contributed by atoms with van der Waals surface area (Å²) in [6, 6.07) is 16.2. The third-order valence-corrected chi connectivity index (χ3v) is 4.93. The molecule has 0 saturated heterocycles. The average molecular weight is 357 g/mol. The van der Waals surface area contributed by atoms with Gasteiger partial charge in [-0.05, 0) is 19.1 Å². The Kier molecular flexibility index (Phi) is 4.76. The van der Waals surface area contributed by atoms with Crippen LogP contribution in [0.1, 0.15) is 6.92 Å². The number of anilines is 1. The molecule has 0 aliphatic carbocycles. The van der Waals surface area contributed by atoms with Gasteiger partial charge in [0.15, 0.2) is 0 Å². The predicted molar refractivity (Wildman–Crippen MR) is 97.1 cm³/mol. The van der Waals surface area contributed by atoms with Crippen molar-refractivity contribution in [2.45, 2.75) is 11.8 Å². The third kappa shape index (κ3) is 3.66. The molecular formula is C18H19N3O3S. The molecule has 0 bridgehead atoms. The van der Waals surface area contributed by atoms with Gasteiger partial charge in [-0.25, -0.2) is 8.42 Å². The van der Waals surface area contributed by atoms with Crippen LogP contribution in [0, 0.1) is 0 Å². The van der Waals surface area contributed by atoms with Gasteiger partial charge in [-0.3, -0.25) is 9.40 Å². The molecule has 7 heteroatoms. The van der Waals surface area contributed by atoms with Gasteiger partial charge in [0.05, 0.1) is 12.3 Å². The van der Waals surface area contributed by atoms with Crippen LogP contribution in [-0.2, 0) is 17.1 Å². The van der Waals surface area contributed by atoms with Crippen LogP contribution in [0.5, 0.6) is 5.75 Å². The van der Waals surface area contributed by atoms with Gasteiger partial charge in [0.25, 0.3) is 10.0 Å². The molecule has 25 heavy (non-hydrogen) atoms. The van der Waals surface area contributed by atoms with Crippen molar-refractivity contribution < 1.29 is 13.2 Å². The van der Waals surface area contributed by atoms with Crippen molar-refractivity contribution in [2.75, 3.05) is 11.3 Å². The van der Waals surface area contributed by atoms with Crippen LogP contribution < -0.4 is 9.46 Å². The summed E-state index contributed by atoms with van der Waals surface area (Å²) < 4.78 is 35.5. The number of hydrogen-bond acceptors (Lipinski definition) is 4. The first-order valence-electron chi connectivity index (χ1n) is 7.85. The van der Waals surface area contributed by atoms with Gasteiger partial charge in [0, 0.05) is 18.8 Å². The standard InChI is InChI=1S/C18H19N3O3S/c1-3-24-16-12-8-7-11-15(16)20-25(22,23)17-13-21(2)19-18(17)14-9-5-4-6-10-14/h4-13,20H,3H2,1-2H3. The Hall–Kier alpha value is -2.80. The molecule has 6 nitrogen and oxygen atoms in total. The maximum absolute atomic E-state index is 12.9. The fraction of sp³-hybridized carbons (Fsp3) is 0.167. The van der Waals surface area contributed by atoms with Gasteiger partial charge in [-0.1, -0.05) is 42.5 Å². The van der Waals surface area contributed by atoms with Crippen LogP contribution in [0.2, 0.25) is 0 Å². The van der Waals surface area contributed by atoms with Crippen LogP contribution in [-0.4, -0.2) is 24.8 Å². The molecule has 1 aromatic heterocycles. The van der Waals surface area contributed by atoms with E-state index in [0.717, 1.165) is 5.56 Å².